The second-order valence-corrected chi connectivity index (χ2v) is 21.1. The van der Waals surface area contributed by atoms with Crippen molar-refractivity contribution in [3.05, 3.63) is 130 Å². The fourth-order valence-corrected chi connectivity index (χ4v) is 13.6. The highest BCUT2D eigenvalue weighted by atomic mass is 79.9. The van der Waals surface area contributed by atoms with Gasteiger partial charge in [-0.2, -0.15) is 0 Å². The van der Waals surface area contributed by atoms with E-state index < -0.39 is 13.7 Å². The van der Waals surface area contributed by atoms with E-state index in [-0.39, 0.29) is 41.9 Å². The molecule has 0 radical (unpaired) electrons. The van der Waals surface area contributed by atoms with Crippen LogP contribution in [0.3, 0.4) is 0 Å². The quantitative estimate of drug-likeness (QED) is 0.109. The maximum atomic E-state index is 15.3. The molecule has 2 fully saturated rings. The van der Waals surface area contributed by atoms with Crippen molar-refractivity contribution in [1.29, 1.82) is 0 Å². The number of rotatable bonds is 12. The maximum Gasteiger partial charge on any atom is 0.264 e. The molecule has 2 saturated heterocycles. The Balaban J connectivity index is 1.15. The molecule has 2 amide bonds. The number of aromatic nitrogens is 3. The molecule has 0 saturated carbocycles. The molecule has 55 heavy (non-hydrogen) atoms. The highest BCUT2D eigenvalue weighted by Gasteiger charge is 2.66. The molecule has 0 bridgehead atoms. The Morgan fingerprint density at radius 3 is 2.49 bits per heavy atom. The number of fused-ring (bicyclic) bond motifs is 2. The number of benzene rings is 4. The van der Waals surface area contributed by atoms with Gasteiger partial charge in [0.05, 0.1) is 51.7 Å². The smallest absolute Gasteiger partial charge is 0.264 e. The van der Waals surface area contributed by atoms with Crippen molar-refractivity contribution < 1.29 is 24.2 Å². The lowest BCUT2D eigenvalue weighted by molar-refractivity contribution is -0.146. The third kappa shape index (κ3) is 6.52. The molecule has 5 atom stereocenters. The molecular formula is C43H46BrN5O5Si. The second kappa shape index (κ2) is 14.8. The monoisotopic (exact) mass is 819 g/mol. The summed E-state index contributed by atoms with van der Waals surface area (Å²) in [7, 11) is -0.690. The van der Waals surface area contributed by atoms with Gasteiger partial charge in [-0.1, -0.05) is 101 Å². The number of aliphatic hydroxyl groups is 1. The minimum atomic E-state index is -2.37. The number of anilines is 2. The summed E-state index contributed by atoms with van der Waals surface area (Å²) >= 11 is 3.72. The first kappa shape index (κ1) is 37.3. The van der Waals surface area contributed by atoms with E-state index in [9.17, 15) is 9.90 Å². The summed E-state index contributed by atoms with van der Waals surface area (Å²) in [4.78, 5) is 31.2. The number of carbonyl (C=O) groups is 2. The van der Waals surface area contributed by atoms with E-state index in [0.29, 0.717) is 38.2 Å². The second-order valence-electron chi connectivity index (χ2n) is 15.5. The Bertz CT molecular complexity index is 2210. The normalized spacial score (nSPS) is 22.6. The number of nitrogens with zero attached hydrogens (tertiary/aromatic N) is 5. The topological polar surface area (TPSA) is 110 Å². The Morgan fingerprint density at radius 2 is 1.80 bits per heavy atom. The SMILES string of the molecule is COc1ccc([Si](C)(C)[C@H]2[C@H](CCn3cc(C(CO)c4ccccc4)nn3)O[C@@]3(C(=O)N(Cc4cccc(N5CCC5=O)c4)c4ccc(Br)cc43)[C@@H]2C)cc1. The summed E-state index contributed by atoms with van der Waals surface area (Å²) in [6.45, 7) is 8.47. The minimum absolute atomic E-state index is 0.0508. The van der Waals surface area contributed by atoms with Gasteiger partial charge in [0, 0.05) is 47.3 Å². The maximum absolute atomic E-state index is 15.3. The first-order valence-corrected chi connectivity index (χ1v) is 22.8. The number of carbonyl (C=O) groups excluding carboxylic acids is 2. The molecular weight excluding hydrogens is 774 g/mol. The van der Waals surface area contributed by atoms with Gasteiger partial charge >= 0.3 is 0 Å². The van der Waals surface area contributed by atoms with Crippen LogP contribution in [0.25, 0.3) is 0 Å². The van der Waals surface area contributed by atoms with Crippen LogP contribution in [0.15, 0.2) is 108 Å². The zero-order valence-corrected chi connectivity index (χ0v) is 34.1. The van der Waals surface area contributed by atoms with E-state index in [1.54, 1.807) is 12.0 Å². The zero-order chi connectivity index (χ0) is 38.5. The van der Waals surface area contributed by atoms with Gasteiger partial charge in [0.1, 0.15) is 5.75 Å². The van der Waals surface area contributed by atoms with Gasteiger partial charge in [-0.25, -0.2) is 0 Å². The van der Waals surface area contributed by atoms with Crippen LogP contribution in [0.5, 0.6) is 5.75 Å². The van der Waals surface area contributed by atoms with Crippen molar-refractivity contribution >= 4 is 52.4 Å². The van der Waals surface area contributed by atoms with E-state index >= 15 is 4.79 Å². The molecule has 5 aromatic rings. The van der Waals surface area contributed by atoms with Crippen LogP contribution < -0.4 is 19.7 Å². The first-order valence-electron chi connectivity index (χ1n) is 18.9. The van der Waals surface area contributed by atoms with Crippen molar-refractivity contribution in [1.82, 2.24) is 15.0 Å². The number of aryl methyl sites for hydroxylation is 1. The van der Waals surface area contributed by atoms with Crippen molar-refractivity contribution in [2.45, 2.75) is 69.1 Å². The molecule has 284 valence electrons. The van der Waals surface area contributed by atoms with Crippen LogP contribution in [0.1, 0.15) is 48.1 Å². The van der Waals surface area contributed by atoms with E-state index in [4.69, 9.17) is 9.47 Å². The predicted molar refractivity (Wildman–Crippen MR) is 218 cm³/mol. The summed E-state index contributed by atoms with van der Waals surface area (Å²) < 4.78 is 15.6. The molecule has 12 heteroatoms. The number of ether oxygens (including phenoxy) is 2. The lowest BCUT2D eigenvalue weighted by atomic mass is 9.82. The van der Waals surface area contributed by atoms with Crippen molar-refractivity contribution in [3.8, 4) is 5.75 Å². The molecule has 4 aromatic carbocycles. The molecule has 3 aliphatic heterocycles. The number of methoxy groups -OCH3 is 1. The number of β-lactam (4-membered cyclic amide) rings is 1. The summed E-state index contributed by atoms with van der Waals surface area (Å²) in [5.74, 6) is 0.407. The third-order valence-electron chi connectivity index (χ3n) is 12.2. The lowest BCUT2D eigenvalue weighted by Crippen LogP contribution is -2.51. The molecule has 1 unspecified atom stereocenters. The molecule has 1 aromatic heterocycles. The number of amides is 2. The standard InChI is InChI=1S/C43H46BrN5O5Si/c1-28-41(55(3,4)34-16-14-33(53-2)15-17-34)39(19-21-47-26-37(45-46-47)35(27-50)30-10-6-5-7-11-30)54-43(28)36-24-31(44)13-18-38(36)49(42(43)52)25-29-9-8-12-32(23-29)48-22-20-40(48)51/h5-18,23-24,26,28,35,39,41,50H,19-22,25,27H2,1-4H3/t28-,35?,39+,41-,43+/m1/s1. The van der Waals surface area contributed by atoms with Gasteiger partial charge in [0.15, 0.2) is 5.60 Å². The average Bonchev–Trinajstić information content (AvgIpc) is 3.84. The largest absolute Gasteiger partial charge is 0.497 e. The van der Waals surface area contributed by atoms with Gasteiger partial charge in [-0.15, -0.1) is 5.10 Å². The molecule has 10 nitrogen and oxygen atoms in total. The van der Waals surface area contributed by atoms with Crippen LogP contribution in [0.4, 0.5) is 11.4 Å². The molecule has 1 N–H and O–H groups in total. The Labute approximate surface area is 331 Å². The first-order chi connectivity index (χ1) is 26.5. The number of hydrogen-bond donors (Lipinski definition) is 1. The highest BCUT2D eigenvalue weighted by molar-refractivity contribution is 9.10. The number of halogens is 1. The number of aliphatic hydroxyl groups excluding tert-OH is 1. The Kier molecular flexibility index (Phi) is 10.0. The van der Waals surface area contributed by atoms with Crippen LogP contribution in [0.2, 0.25) is 18.6 Å². The molecule has 4 heterocycles. The summed E-state index contributed by atoms with van der Waals surface area (Å²) in [6, 6.07) is 32.2. The fourth-order valence-electron chi connectivity index (χ4n) is 9.20. The van der Waals surface area contributed by atoms with Crippen LogP contribution in [0, 0.1) is 5.92 Å². The summed E-state index contributed by atoms with van der Waals surface area (Å²) in [5.41, 5.74) is 4.04. The Hall–Kier alpha value is -4.62. The van der Waals surface area contributed by atoms with Crippen molar-refractivity contribution in [2.24, 2.45) is 5.92 Å². The summed E-state index contributed by atoms with van der Waals surface area (Å²) in [6.07, 6.45) is 2.82. The van der Waals surface area contributed by atoms with Crippen LogP contribution in [-0.4, -0.2) is 66.4 Å². The minimum Gasteiger partial charge on any atom is -0.497 e. The third-order valence-corrected chi connectivity index (χ3v) is 17.0. The van der Waals surface area contributed by atoms with Crippen molar-refractivity contribution in [2.75, 3.05) is 30.1 Å². The summed E-state index contributed by atoms with van der Waals surface area (Å²) in [5, 5.41) is 20.5. The number of hydrogen-bond acceptors (Lipinski definition) is 7. The molecule has 3 aliphatic rings. The predicted octanol–water partition coefficient (Wildman–Crippen LogP) is 6.76. The van der Waals surface area contributed by atoms with Crippen LogP contribution in [-0.2, 0) is 33.0 Å². The molecule has 0 aliphatic carbocycles. The molecule has 8 rings (SSSR count). The Morgan fingerprint density at radius 1 is 1.02 bits per heavy atom. The van der Waals surface area contributed by atoms with E-state index in [0.717, 1.165) is 38.3 Å². The van der Waals surface area contributed by atoms with E-state index in [2.05, 4.69) is 64.5 Å². The van der Waals surface area contributed by atoms with E-state index in [1.165, 1.54) is 5.19 Å². The lowest BCUT2D eigenvalue weighted by Gasteiger charge is -2.37. The van der Waals surface area contributed by atoms with Crippen molar-refractivity contribution in [3.63, 3.8) is 0 Å². The van der Waals surface area contributed by atoms with Crippen LogP contribution >= 0.6 is 15.9 Å². The highest BCUT2D eigenvalue weighted by Crippen LogP contribution is 2.60. The van der Waals surface area contributed by atoms with Gasteiger partial charge in [-0.05, 0) is 65.6 Å². The van der Waals surface area contributed by atoms with Gasteiger partial charge in [0.2, 0.25) is 5.91 Å². The molecule has 1 spiro atoms. The average molecular weight is 821 g/mol. The van der Waals surface area contributed by atoms with Gasteiger partial charge < -0.3 is 24.4 Å². The fraction of sp³-hybridized carbons (Fsp3) is 0.349. The zero-order valence-electron chi connectivity index (χ0n) is 31.6. The van der Waals surface area contributed by atoms with Gasteiger partial charge in [0.25, 0.3) is 5.91 Å². The van der Waals surface area contributed by atoms with Gasteiger partial charge in [-0.3, -0.25) is 14.3 Å². The van der Waals surface area contributed by atoms with E-state index in [1.807, 2.05) is 94.6 Å².